The smallest absolute Gasteiger partial charge is 0.329 e. The highest BCUT2D eigenvalue weighted by atomic mass is 35.5. The molecule has 0 aliphatic carbocycles. The molecular formula is C19H20ClN3O3. The fraction of sp³-hybridized carbons (Fsp3) is 0.211. The van der Waals surface area contributed by atoms with Gasteiger partial charge in [0.1, 0.15) is 5.75 Å². The van der Waals surface area contributed by atoms with Gasteiger partial charge in [-0.25, -0.2) is 5.43 Å². The zero-order valence-electron chi connectivity index (χ0n) is 14.6. The lowest BCUT2D eigenvalue weighted by Gasteiger charge is -2.09. The first kappa shape index (κ1) is 19.5. The summed E-state index contributed by atoms with van der Waals surface area (Å²) in [6.07, 6.45) is 2.12. The summed E-state index contributed by atoms with van der Waals surface area (Å²) in [7, 11) is 0. The molecule has 0 bridgehead atoms. The Kier molecular flexibility index (Phi) is 7.17. The molecule has 2 aromatic carbocycles. The van der Waals surface area contributed by atoms with Crippen LogP contribution in [-0.4, -0.2) is 24.6 Å². The molecule has 0 atom stereocenters. The van der Waals surface area contributed by atoms with Gasteiger partial charge in [0.15, 0.2) is 0 Å². The number of halogens is 1. The van der Waals surface area contributed by atoms with Crippen molar-refractivity contribution < 1.29 is 14.3 Å². The first-order valence-electron chi connectivity index (χ1n) is 8.19. The summed E-state index contributed by atoms with van der Waals surface area (Å²) in [5.41, 5.74) is 4.34. The number of benzene rings is 2. The third kappa shape index (κ3) is 5.32. The minimum atomic E-state index is -0.868. The Hall–Kier alpha value is -2.86. The van der Waals surface area contributed by atoms with Crippen LogP contribution >= 0.6 is 11.6 Å². The predicted molar refractivity (Wildman–Crippen MR) is 103 cm³/mol. The summed E-state index contributed by atoms with van der Waals surface area (Å²) in [5.74, 6) is -1.08. The Morgan fingerprint density at radius 3 is 2.65 bits per heavy atom. The molecule has 0 spiro atoms. The number of hydrogen-bond donors (Lipinski definition) is 2. The second kappa shape index (κ2) is 9.58. The maximum Gasteiger partial charge on any atom is 0.329 e. The number of ether oxygens (including phenoxy) is 1. The lowest BCUT2D eigenvalue weighted by atomic mass is 10.1. The topological polar surface area (TPSA) is 79.8 Å². The quantitative estimate of drug-likeness (QED) is 0.462. The third-order valence-electron chi connectivity index (χ3n) is 3.49. The van der Waals surface area contributed by atoms with Crippen LogP contribution in [0.3, 0.4) is 0 Å². The standard InChI is InChI=1S/C19H20ClN3O3/c1-3-13-7-5-6-8-16(13)22-18(24)19(25)23-21-12-14-11-15(20)9-10-17(14)26-4-2/h5-12H,3-4H2,1-2H3,(H,22,24)(H,23,25)/b21-12-. The van der Waals surface area contributed by atoms with Crippen molar-refractivity contribution in [3.8, 4) is 5.75 Å². The Morgan fingerprint density at radius 2 is 1.92 bits per heavy atom. The van der Waals surface area contributed by atoms with Crippen LogP contribution in [0.2, 0.25) is 5.02 Å². The molecule has 0 unspecified atom stereocenters. The third-order valence-corrected chi connectivity index (χ3v) is 3.73. The molecule has 0 saturated carbocycles. The van der Waals surface area contributed by atoms with Crippen molar-refractivity contribution in [2.24, 2.45) is 5.10 Å². The van der Waals surface area contributed by atoms with E-state index >= 15 is 0 Å². The number of carbonyl (C=O) groups is 2. The highest BCUT2D eigenvalue weighted by Gasteiger charge is 2.14. The molecule has 0 radical (unpaired) electrons. The number of hydrogen-bond acceptors (Lipinski definition) is 4. The Labute approximate surface area is 157 Å². The average molecular weight is 374 g/mol. The number of rotatable bonds is 6. The van der Waals surface area contributed by atoms with Crippen LogP contribution < -0.4 is 15.5 Å². The van der Waals surface area contributed by atoms with Gasteiger partial charge in [0.2, 0.25) is 0 Å². The predicted octanol–water partition coefficient (Wildman–Crippen LogP) is 3.39. The summed E-state index contributed by atoms with van der Waals surface area (Å²) in [4.78, 5) is 23.9. The number of nitrogens with one attached hydrogen (secondary N) is 2. The van der Waals surface area contributed by atoms with E-state index in [0.29, 0.717) is 28.6 Å². The molecule has 0 heterocycles. The molecule has 2 N–H and O–H groups in total. The molecule has 0 aliphatic rings. The van der Waals surface area contributed by atoms with Crippen LogP contribution in [0.4, 0.5) is 5.69 Å². The van der Waals surface area contributed by atoms with Crippen LogP contribution in [0.25, 0.3) is 0 Å². The van der Waals surface area contributed by atoms with Gasteiger partial charge in [-0.15, -0.1) is 0 Å². The fourth-order valence-electron chi connectivity index (χ4n) is 2.25. The first-order chi connectivity index (χ1) is 12.5. The summed E-state index contributed by atoms with van der Waals surface area (Å²) in [5, 5.41) is 6.90. The molecule has 0 fully saturated rings. The zero-order valence-corrected chi connectivity index (χ0v) is 15.3. The van der Waals surface area contributed by atoms with E-state index in [9.17, 15) is 9.59 Å². The lowest BCUT2D eigenvalue weighted by Crippen LogP contribution is -2.32. The summed E-state index contributed by atoms with van der Waals surface area (Å²) >= 11 is 5.96. The van der Waals surface area contributed by atoms with Gasteiger partial charge in [0.25, 0.3) is 0 Å². The van der Waals surface area contributed by atoms with Crippen LogP contribution in [0.15, 0.2) is 47.6 Å². The zero-order chi connectivity index (χ0) is 18.9. The number of anilines is 1. The highest BCUT2D eigenvalue weighted by Crippen LogP contribution is 2.21. The molecule has 7 heteroatoms. The van der Waals surface area contributed by atoms with Gasteiger partial charge in [-0.2, -0.15) is 5.10 Å². The van der Waals surface area contributed by atoms with Crippen LogP contribution in [0.1, 0.15) is 25.0 Å². The van der Waals surface area contributed by atoms with Gasteiger partial charge < -0.3 is 10.1 Å². The molecular weight excluding hydrogens is 354 g/mol. The SMILES string of the molecule is CCOc1ccc(Cl)cc1/C=N\NC(=O)C(=O)Nc1ccccc1CC. The van der Waals surface area contributed by atoms with E-state index in [1.54, 1.807) is 30.3 Å². The number of para-hydroxylation sites is 1. The van der Waals surface area contributed by atoms with Gasteiger partial charge >= 0.3 is 11.8 Å². The maximum atomic E-state index is 12.0. The number of hydrazone groups is 1. The molecule has 136 valence electrons. The number of aryl methyl sites for hydroxylation is 1. The van der Waals surface area contributed by atoms with Gasteiger partial charge in [-0.1, -0.05) is 36.7 Å². The van der Waals surface area contributed by atoms with E-state index in [4.69, 9.17) is 16.3 Å². The summed E-state index contributed by atoms with van der Waals surface area (Å²) in [6.45, 7) is 4.31. The second-order valence-corrected chi connectivity index (χ2v) is 5.72. The molecule has 2 rings (SSSR count). The van der Waals surface area contributed by atoms with Crippen LogP contribution in [0.5, 0.6) is 5.75 Å². The molecule has 6 nitrogen and oxygen atoms in total. The molecule has 2 aromatic rings. The average Bonchev–Trinajstić information content (AvgIpc) is 2.64. The summed E-state index contributed by atoms with van der Waals surface area (Å²) in [6, 6.07) is 12.4. The Morgan fingerprint density at radius 1 is 1.15 bits per heavy atom. The normalized spacial score (nSPS) is 10.6. The van der Waals surface area contributed by atoms with Gasteiger partial charge in [-0.05, 0) is 43.2 Å². The van der Waals surface area contributed by atoms with Crippen LogP contribution in [0, 0.1) is 0 Å². The molecule has 2 amide bonds. The van der Waals surface area contributed by atoms with E-state index in [-0.39, 0.29) is 0 Å². The van der Waals surface area contributed by atoms with Crippen molar-refractivity contribution in [2.45, 2.75) is 20.3 Å². The molecule has 26 heavy (non-hydrogen) atoms. The van der Waals surface area contributed by atoms with Crippen molar-refractivity contribution in [3.05, 3.63) is 58.6 Å². The van der Waals surface area contributed by atoms with E-state index in [1.165, 1.54) is 6.21 Å². The number of amides is 2. The van der Waals surface area contributed by atoms with E-state index in [2.05, 4.69) is 15.8 Å². The van der Waals surface area contributed by atoms with Crippen molar-refractivity contribution in [1.82, 2.24) is 5.43 Å². The van der Waals surface area contributed by atoms with Crippen molar-refractivity contribution in [3.63, 3.8) is 0 Å². The first-order valence-corrected chi connectivity index (χ1v) is 8.57. The number of carbonyl (C=O) groups excluding carboxylic acids is 2. The van der Waals surface area contributed by atoms with Crippen molar-refractivity contribution >= 4 is 35.3 Å². The van der Waals surface area contributed by atoms with E-state index in [0.717, 1.165) is 12.0 Å². The largest absolute Gasteiger partial charge is 0.493 e. The van der Waals surface area contributed by atoms with Crippen LogP contribution in [-0.2, 0) is 16.0 Å². The Balaban J connectivity index is 2.01. The van der Waals surface area contributed by atoms with Gasteiger partial charge in [0.05, 0.1) is 12.8 Å². The minimum Gasteiger partial charge on any atom is -0.493 e. The second-order valence-electron chi connectivity index (χ2n) is 5.28. The van der Waals surface area contributed by atoms with Crippen molar-refractivity contribution in [2.75, 3.05) is 11.9 Å². The molecule has 0 saturated heterocycles. The van der Waals surface area contributed by atoms with Gasteiger partial charge in [-0.3, -0.25) is 9.59 Å². The Bertz CT molecular complexity index is 821. The molecule has 0 aromatic heterocycles. The highest BCUT2D eigenvalue weighted by molar-refractivity contribution is 6.39. The van der Waals surface area contributed by atoms with Gasteiger partial charge in [0, 0.05) is 16.3 Å². The fourth-order valence-corrected chi connectivity index (χ4v) is 2.43. The van der Waals surface area contributed by atoms with Crippen molar-refractivity contribution in [1.29, 1.82) is 0 Å². The number of nitrogens with zero attached hydrogens (tertiary/aromatic N) is 1. The monoisotopic (exact) mass is 373 g/mol. The maximum absolute atomic E-state index is 12.0. The summed E-state index contributed by atoms with van der Waals surface area (Å²) < 4.78 is 5.46. The van der Waals surface area contributed by atoms with E-state index in [1.807, 2.05) is 26.0 Å². The lowest BCUT2D eigenvalue weighted by molar-refractivity contribution is -0.136. The molecule has 0 aliphatic heterocycles. The van der Waals surface area contributed by atoms with E-state index < -0.39 is 11.8 Å². The minimum absolute atomic E-state index is 0.480.